The SMILES string of the molecule is CC(C)NC(=O)c1ccc2[nH]cc(C3=CCN(C)CC3)c2c1.O=C(O)C=CC(=O)O. The molecule has 0 aliphatic carbocycles. The van der Waals surface area contributed by atoms with Gasteiger partial charge in [-0.25, -0.2) is 9.59 Å². The Kier molecular flexibility index (Phi) is 7.94. The van der Waals surface area contributed by atoms with E-state index in [9.17, 15) is 14.4 Å². The van der Waals surface area contributed by atoms with Gasteiger partial charge in [-0.15, -0.1) is 0 Å². The Morgan fingerprint density at radius 3 is 2.37 bits per heavy atom. The Hall–Kier alpha value is -3.39. The van der Waals surface area contributed by atoms with Crippen LogP contribution in [0.1, 0.15) is 36.2 Å². The molecular weight excluding hydrogens is 386 g/mol. The molecule has 1 amide bonds. The number of fused-ring (bicyclic) bond motifs is 1. The number of benzene rings is 1. The van der Waals surface area contributed by atoms with Crippen LogP contribution in [0.15, 0.2) is 42.6 Å². The summed E-state index contributed by atoms with van der Waals surface area (Å²) in [6.45, 7) is 6.00. The lowest BCUT2D eigenvalue weighted by atomic mass is 9.98. The van der Waals surface area contributed by atoms with E-state index in [0.29, 0.717) is 12.2 Å². The Bertz CT molecular complexity index is 972. The molecule has 1 aromatic heterocycles. The molecular formula is C22H27N3O5. The zero-order valence-electron chi connectivity index (χ0n) is 17.3. The number of carbonyl (C=O) groups excluding carboxylic acids is 1. The second kappa shape index (κ2) is 10.4. The third-order valence-corrected chi connectivity index (χ3v) is 4.49. The van der Waals surface area contributed by atoms with E-state index < -0.39 is 11.9 Å². The van der Waals surface area contributed by atoms with Crippen molar-refractivity contribution in [1.82, 2.24) is 15.2 Å². The fourth-order valence-corrected chi connectivity index (χ4v) is 3.03. The standard InChI is InChI=1S/C18H23N3O.C4H4O4/c1-12(2)20-18(22)14-4-5-17-15(10-14)16(11-19-17)13-6-8-21(3)9-7-13;5-3(6)1-2-4(7)8/h4-6,10-12,19H,7-9H2,1-3H3,(H,20,22);1-2H,(H,5,6)(H,7,8). The molecule has 160 valence electrons. The van der Waals surface area contributed by atoms with Crippen molar-refractivity contribution >= 4 is 34.3 Å². The van der Waals surface area contributed by atoms with Crippen LogP contribution >= 0.6 is 0 Å². The number of hydrogen-bond donors (Lipinski definition) is 4. The lowest BCUT2D eigenvalue weighted by molar-refractivity contribution is -0.134. The fraction of sp³-hybridized carbons (Fsp3) is 0.318. The predicted molar refractivity (Wildman–Crippen MR) is 115 cm³/mol. The van der Waals surface area contributed by atoms with Crippen molar-refractivity contribution < 1.29 is 24.6 Å². The van der Waals surface area contributed by atoms with Gasteiger partial charge in [0.2, 0.25) is 0 Å². The zero-order valence-corrected chi connectivity index (χ0v) is 17.3. The number of aliphatic carboxylic acids is 2. The maximum Gasteiger partial charge on any atom is 0.328 e. The van der Waals surface area contributed by atoms with E-state index in [0.717, 1.165) is 36.0 Å². The van der Waals surface area contributed by atoms with Crippen LogP contribution in [-0.2, 0) is 9.59 Å². The minimum Gasteiger partial charge on any atom is -0.478 e. The number of aromatic amines is 1. The average Bonchev–Trinajstić information content (AvgIpc) is 3.10. The van der Waals surface area contributed by atoms with E-state index in [4.69, 9.17) is 10.2 Å². The van der Waals surface area contributed by atoms with Gasteiger partial charge in [0.15, 0.2) is 0 Å². The van der Waals surface area contributed by atoms with Gasteiger partial charge in [0.05, 0.1) is 0 Å². The predicted octanol–water partition coefficient (Wildman–Crippen LogP) is 2.74. The van der Waals surface area contributed by atoms with Crippen LogP contribution in [0.4, 0.5) is 0 Å². The molecule has 0 unspecified atom stereocenters. The highest BCUT2D eigenvalue weighted by atomic mass is 16.4. The van der Waals surface area contributed by atoms with Gasteiger partial charge in [0.25, 0.3) is 5.91 Å². The Morgan fingerprint density at radius 2 is 1.83 bits per heavy atom. The molecule has 4 N–H and O–H groups in total. The minimum atomic E-state index is -1.26. The van der Waals surface area contributed by atoms with Gasteiger partial charge in [-0.2, -0.15) is 0 Å². The maximum absolute atomic E-state index is 12.2. The van der Waals surface area contributed by atoms with Crippen LogP contribution in [0.25, 0.3) is 16.5 Å². The molecule has 3 rings (SSSR count). The molecule has 30 heavy (non-hydrogen) atoms. The van der Waals surface area contributed by atoms with Crippen LogP contribution in [0, 0.1) is 0 Å². The highest BCUT2D eigenvalue weighted by Gasteiger charge is 2.15. The van der Waals surface area contributed by atoms with Crippen LogP contribution in [-0.4, -0.2) is 64.1 Å². The van der Waals surface area contributed by atoms with Gasteiger partial charge in [0.1, 0.15) is 0 Å². The highest BCUT2D eigenvalue weighted by Crippen LogP contribution is 2.29. The van der Waals surface area contributed by atoms with E-state index in [1.54, 1.807) is 0 Å². The highest BCUT2D eigenvalue weighted by molar-refractivity contribution is 6.01. The number of carboxylic acid groups (broad SMARTS) is 2. The number of rotatable bonds is 5. The van der Waals surface area contributed by atoms with E-state index in [1.807, 2.05) is 32.0 Å². The van der Waals surface area contributed by atoms with Gasteiger partial charge in [0, 0.05) is 59.5 Å². The molecule has 1 aromatic carbocycles. The maximum atomic E-state index is 12.2. The van der Waals surface area contributed by atoms with Crippen molar-refractivity contribution in [2.24, 2.45) is 0 Å². The number of hydrogen-bond acceptors (Lipinski definition) is 4. The Labute approximate surface area is 174 Å². The molecule has 8 nitrogen and oxygen atoms in total. The second-order valence-electron chi connectivity index (χ2n) is 7.34. The molecule has 0 saturated heterocycles. The van der Waals surface area contributed by atoms with E-state index in [-0.39, 0.29) is 11.9 Å². The minimum absolute atomic E-state index is 0.0126. The van der Waals surface area contributed by atoms with Crippen molar-refractivity contribution in [2.75, 3.05) is 20.1 Å². The number of carbonyl (C=O) groups is 3. The number of likely N-dealkylation sites (N-methyl/N-ethyl adjacent to an activating group) is 1. The first kappa shape index (κ1) is 22.9. The summed E-state index contributed by atoms with van der Waals surface area (Å²) in [5, 5.41) is 19.7. The van der Waals surface area contributed by atoms with Crippen LogP contribution in [0.5, 0.6) is 0 Å². The summed E-state index contributed by atoms with van der Waals surface area (Å²) in [6.07, 6.45) is 6.51. The summed E-state index contributed by atoms with van der Waals surface area (Å²) in [6, 6.07) is 6.01. The molecule has 1 aliphatic rings. The molecule has 0 saturated carbocycles. The van der Waals surface area contributed by atoms with Gasteiger partial charge in [-0.1, -0.05) is 6.08 Å². The lowest BCUT2D eigenvalue weighted by Crippen LogP contribution is -2.29. The molecule has 8 heteroatoms. The van der Waals surface area contributed by atoms with E-state index in [2.05, 4.69) is 34.5 Å². The van der Waals surface area contributed by atoms with Crippen molar-refractivity contribution in [1.29, 1.82) is 0 Å². The first-order valence-corrected chi connectivity index (χ1v) is 9.61. The van der Waals surface area contributed by atoms with Crippen molar-refractivity contribution in [2.45, 2.75) is 26.3 Å². The van der Waals surface area contributed by atoms with Crippen molar-refractivity contribution in [3.05, 3.63) is 53.8 Å². The molecule has 0 atom stereocenters. The van der Waals surface area contributed by atoms with Crippen LogP contribution in [0.3, 0.4) is 0 Å². The number of aromatic nitrogens is 1. The summed E-state index contributed by atoms with van der Waals surface area (Å²) < 4.78 is 0. The topological polar surface area (TPSA) is 123 Å². The first-order valence-electron chi connectivity index (χ1n) is 9.61. The van der Waals surface area contributed by atoms with E-state index >= 15 is 0 Å². The molecule has 1 aliphatic heterocycles. The monoisotopic (exact) mass is 413 g/mol. The van der Waals surface area contributed by atoms with Crippen LogP contribution < -0.4 is 5.32 Å². The third kappa shape index (κ3) is 6.59. The number of H-pyrrole nitrogens is 1. The van der Waals surface area contributed by atoms with Gasteiger partial charge in [-0.3, -0.25) is 4.79 Å². The molecule has 0 fully saturated rings. The smallest absolute Gasteiger partial charge is 0.328 e. The fourth-order valence-electron chi connectivity index (χ4n) is 3.03. The summed E-state index contributed by atoms with van der Waals surface area (Å²) in [5.41, 5.74) is 4.39. The van der Waals surface area contributed by atoms with Gasteiger partial charge < -0.3 is 25.4 Å². The number of nitrogens with one attached hydrogen (secondary N) is 2. The summed E-state index contributed by atoms with van der Waals surface area (Å²) in [7, 11) is 2.14. The quantitative estimate of drug-likeness (QED) is 0.559. The van der Waals surface area contributed by atoms with Crippen molar-refractivity contribution in [3.8, 4) is 0 Å². The molecule has 2 aromatic rings. The second-order valence-corrected chi connectivity index (χ2v) is 7.34. The van der Waals surface area contributed by atoms with Gasteiger partial charge in [-0.05, 0) is 51.1 Å². The van der Waals surface area contributed by atoms with Crippen molar-refractivity contribution in [3.63, 3.8) is 0 Å². The average molecular weight is 413 g/mol. The normalized spacial score (nSPS) is 14.3. The summed E-state index contributed by atoms with van der Waals surface area (Å²) in [4.78, 5) is 36.9. The molecule has 2 heterocycles. The molecule has 0 bridgehead atoms. The molecule has 0 spiro atoms. The van der Waals surface area contributed by atoms with Crippen LogP contribution in [0.2, 0.25) is 0 Å². The Balaban J connectivity index is 0.000000343. The largest absolute Gasteiger partial charge is 0.478 e. The number of nitrogens with zero attached hydrogens (tertiary/aromatic N) is 1. The van der Waals surface area contributed by atoms with Gasteiger partial charge >= 0.3 is 11.9 Å². The zero-order chi connectivity index (χ0) is 22.3. The number of carboxylic acids is 2. The third-order valence-electron chi connectivity index (χ3n) is 4.49. The first-order chi connectivity index (χ1) is 14.2. The lowest BCUT2D eigenvalue weighted by Gasteiger charge is -2.21. The van der Waals surface area contributed by atoms with E-state index in [1.165, 1.54) is 11.1 Å². The summed E-state index contributed by atoms with van der Waals surface area (Å²) >= 11 is 0. The summed E-state index contributed by atoms with van der Waals surface area (Å²) in [5.74, 6) is -2.53. The molecule has 0 radical (unpaired) electrons. The number of amides is 1. The Morgan fingerprint density at radius 1 is 1.17 bits per heavy atom.